The second kappa shape index (κ2) is 5.94. The van der Waals surface area contributed by atoms with Crippen LogP contribution in [-0.4, -0.2) is 14.8 Å². The number of anilines is 1. The molecule has 5 nitrogen and oxygen atoms in total. The number of nitrogen functional groups attached to an aromatic ring is 1. The first-order valence-corrected chi connectivity index (χ1v) is 7.21. The average Bonchev–Trinajstić information content (AvgIpc) is 2.91. The predicted molar refractivity (Wildman–Crippen MR) is 85.7 cm³/mol. The number of nitrogens with two attached hydrogens (primary N) is 1. The van der Waals surface area contributed by atoms with Crippen molar-refractivity contribution in [1.29, 1.82) is 5.26 Å². The molecule has 0 aliphatic rings. The van der Waals surface area contributed by atoms with Crippen molar-refractivity contribution in [2.45, 2.75) is 13.1 Å². The van der Waals surface area contributed by atoms with E-state index in [0.717, 1.165) is 17.8 Å². The molecular weight excluding hydrogens is 331 g/mol. The summed E-state index contributed by atoms with van der Waals surface area (Å²) in [6.07, 6.45) is -4.43. The molecule has 2 N–H and O–H groups in total. The molecule has 1 aromatic carbocycles. The zero-order chi connectivity index (χ0) is 18.2. The fraction of sp³-hybridized carbons (Fsp3) is 0.118. The summed E-state index contributed by atoms with van der Waals surface area (Å²) < 4.78 is 39.4. The van der Waals surface area contributed by atoms with Gasteiger partial charge < -0.3 is 5.73 Å². The van der Waals surface area contributed by atoms with E-state index in [1.54, 1.807) is 25.1 Å². The average molecular weight is 343 g/mol. The number of nitrogens with zero attached hydrogens (tertiary/aromatic N) is 4. The van der Waals surface area contributed by atoms with Crippen LogP contribution in [-0.2, 0) is 6.18 Å². The Bertz CT molecular complexity index is 965. The largest absolute Gasteiger partial charge is 0.416 e. The molecule has 0 unspecified atom stereocenters. The van der Waals surface area contributed by atoms with Gasteiger partial charge in [0.15, 0.2) is 5.82 Å². The number of halogens is 3. The Morgan fingerprint density at radius 2 is 1.80 bits per heavy atom. The van der Waals surface area contributed by atoms with Crippen LogP contribution in [0.5, 0.6) is 0 Å². The molecule has 2 heterocycles. The Morgan fingerprint density at radius 3 is 2.36 bits per heavy atom. The van der Waals surface area contributed by atoms with Crippen molar-refractivity contribution in [2.75, 3.05) is 5.73 Å². The molecule has 126 valence electrons. The van der Waals surface area contributed by atoms with E-state index in [9.17, 15) is 18.4 Å². The van der Waals surface area contributed by atoms with Crippen LogP contribution in [0.1, 0.15) is 16.8 Å². The Morgan fingerprint density at radius 1 is 1.12 bits per heavy atom. The molecule has 3 rings (SSSR count). The summed E-state index contributed by atoms with van der Waals surface area (Å²) in [5, 5.41) is 13.7. The van der Waals surface area contributed by atoms with E-state index < -0.39 is 11.7 Å². The van der Waals surface area contributed by atoms with E-state index in [2.05, 4.69) is 10.1 Å². The monoisotopic (exact) mass is 343 g/mol. The summed E-state index contributed by atoms with van der Waals surface area (Å²) in [4.78, 5) is 4.30. The molecule has 0 amide bonds. The smallest absolute Gasteiger partial charge is 0.382 e. The molecular formula is C17H12F3N5. The topological polar surface area (TPSA) is 80.5 Å². The minimum Gasteiger partial charge on any atom is -0.382 e. The van der Waals surface area contributed by atoms with E-state index in [-0.39, 0.29) is 17.1 Å². The molecule has 25 heavy (non-hydrogen) atoms. The van der Waals surface area contributed by atoms with Gasteiger partial charge >= 0.3 is 6.18 Å². The van der Waals surface area contributed by atoms with Gasteiger partial charge in [-0.15, -0.1) is 0 Å². The van der Waals surface area contributed by atoms with Gasteiger partial charge in [-0.1, -0.05) is 18.2 Å². The van der Waals surface area contributed by atoms with Gasteiger partial charge in [0, 0.05) is 11.3 Å². The van der Waals surface area contributed by atoms with Crippen molar-refractivity contribution in [3.8, 4) is 23.1 Å². The maximum absolute atomic E-state index is 12.7. The zero-order valence-corrected chi connectivity index (χ0v) is 13.0. The maximum Gasteiger partial charge on any atom is 0.416 e. The van der Waals surface area contributed by atoms with Crippen molar-refractivity contribution in [3.63, 3.8) is 0 Å². The van der Waals surface area contributed by atoms with Gasteiger partial charge in [-0.3, -0.25) is 0 Å². The van der Waals surface area contributed by atoms with Gasteiger partial charge in [-0.2, -0.15) is 28.2 Å². The highest BCUT2D eigenvalue weighted by molar-refractivity contribution is 5.73. The van der Waals surface area contributed by atoms with Crippen LogP contribution in [0.3, 0.4) is 0 Å². The van der Waals surface area contributed by atoms with E-state index in [0.29, 0.717) is 11.4 Å². The number of alkyl halides is 3. The molecule has 0 atom stereocenters. The van der Waals surface area contributed by atoms with Crippen LogP contribution in [0.15, 0.2) is 42.5 Å². The van der Waals surface area contributed by atoms with Gasteiger partial charge in [0.05, 0.1) is 5.56 Å². The normalized spacial score (nSPS) is 11.3. The number of aromatic nitrogens is 3. The Balaban J connectivity index is 2.12. The number of aryl methyl sites for hydroxylation is 1. The minimum atomic E-state index is -4.43. The predicted octanol–water partition coefficient (Wildman–Crippen LogP) is 3.72. The highest BCUT2D eigenvalue weighted by Gasteiger charge is 2.30. The molecule has 0 spiro atoms. The Hall–Kier alpha value is -3.34. The molecule has 0 aliphatic carbocycles. The molecule has 0 radical (unpaired) electrons. The Kier molecular flexibility index (Phi) is 3.93. The van der Waals surface area contributed by atoms with Gasteiger partial charge in [-0.05, 0) is 31.2 Å². The van der Waals surface area contributed by atoms with E-state index in [1.807, 2.05) is 6.07 Å². The first-order chi connectivity index (χ1) is 11.8. The molecule has 0 bridgehead atoms. The second-order valence-corrected chi connectivity index (χ2v) is 5.34. The molecule has 8 heteroatoms. The SMILES string of the molecule is Cc1cccc(-n2nc(-c3ccc(C(F)(F)F)cc3)c(C#N)c2N)n1. The molecule has 0 aliphatic heterocycles. The number of benzene rings is 1. The highest BCUT2D eigenvalue weighted by Crippen LogP contribution is 2.33. The number of hydrogen-bond acceptors (Lipinski definition) is 4. The Labute approximate surface area is 141 Å². The van der Waals surface area contributed by atoms with Crippen LogP contribution >= 0.6 is 0 Å². The first-order valence-electron chi connectivity index (χ1n) is 7.21. The lowest BCUT2D eigenvalue weighted by Crippen LogP contribution is -2.05. The lowest BCUT2D eigenvalue weighted by Gasteiger charge is -2.06. The quantitative estimate of drug-likeness (QED) is 0.769. The molecule has 3 aromatic rings. The molecule has 0 fully saturated rings. The molecule has 2 aromatic heterocycles. The van der Waals surface area contributed by atoms with Gasteiger partial charge in [0.2, 0.25) is 0 Å². The zero-order valence-electron chi connectivity index (χ0n) is 13.0. The van der Waals surface area contributed by atoms with Crippen LogP contribution in [0, 0.1) is 18.3 Å². The van der Waals surface area contributed by atoms with Gasteiger partial charge in [0.25, 0.3) is 0 Å². The summed E-state index contributed by atoms with van der Waals surface area (Å²) in [6, 6.07) is 11.6. The summed E-state index contributed by atoms with van der Waals surface area (Å²) in [5.41, 5.74) is 6.61. The number of hydrogen-bond donors (Lipinski definition) is 1. The van der Waals surface area contributed by atoms with Gasteiger partial charge in [0.1, 0.15) is 23.1 Å². The van der Waals surface area contributed by atoms with Crippen molar-refractivity contribution < 1.29 is 13.2 Å². The summed E-state index contributed by atoms with van der Waals surface area (Å²) >= 11 is 0. The fourth-order valence-corrected chi connectivity index (χ4v) is 2.38. The third-order valence-electron chi connectivity index (χ3n) is 3.61. The fourth-order valence-electron chi connectivity index (χ4n) is 2.38. The number of rotatable bonds is 2. The standard InChI is InChI=1S/C17H12F3N5/c1-10-3-2-4-14(23-10)25-16(22)13(9-21)15(24-25)11-5-7-12(8-6-11)17(18,19)20/h2-8H,22H2,1H3. The van der Waals surface area contributed by atoms with E-state index in [1.165, 1.54) is 16.8 Å². The number of pyridine rings is 1. The summed E-state index contributed by atoms with van der Waals surface area (Å²) in [6.45, 7) is 1.80. The third-order valence-corrected chi connectivity index (χ3v) is 3.61. The van der Waals surface area contributed by atoms with Crippen molar-refractivity contribution >= 4 is 5.82 Å². The third kappa shape index (κ3) is 3.04. The number of nitriles is 1. The summed E-state index contributed by atoms with van der Waals surface area (Å²) in [7, 11) is 0. The van der Waals surface area contributed by atoms with Gasteiger partial charge in [-0.25, -0.2) is 4.98 Å². The molecule has 0 saturated carbocycles. The van der Waals surface area contributed by atoms with Crippen molar-refractivity contribution in [1.82, 2.24) is 14.8 Å². The first kappa shape index (κ1) is 16.5. The van der Waals surface area contributed by atoms with Crippen LogP contribution in [0.25, 0.3) is 17.1 Å². The van der Waals surface area contributed by atoms with Crippen molar-refractivity contribution in [2.24, 2.45) is 0 Å². The van der Waals surface area contributed by atoms with Crippen LogP contribution < -0.4 is 5.73 Å². The van der Waals surface area contributed by atoms with Crippen molar-refractivity contribution in [3.05, 3.63) is 59.3 Å². The van der Waals surface area contributed by atoms with Crippen LogP contribution in [0.4, 0.5) is 19.0 Å². The molecule has 0 saturated heterocycles. The highest BCUT2D eigenvalue weighted by atomic mass is 19.4. The summed E-state index contributed by atoms with van der Waals surface area (Å²) in [5.74, 6) is 0.502. The second-order valence-electron chi connectivity index (χ2n) is 5.34. The van der Waals surface area contributed by atoms with Crippen LogP contribution in [0.2, 0.25) is 0 Å². The minimum absolute atomic E-state index is 0.0792. The lowest BCUT2D eigenvalue weighted by atomic mass is 10.1. The van der Waals surface area contributed by atoms with E-state index >= 15 is 0 Å². The van der Waals surface area contributed by atoms with E-state index in [4.69, 9.17) is 5.73 Å². The lowest BCUT2D eigenvalue weighted by molar-refractivity contribution is -0.137. The maximum atomic E-state index is 12.7.